The highest BCUT2D eigenvalue weighted by Crippen LogP contribution is 2.24. The van der Waals surface area contributed by atoms with Crippen molar-refractivity contribution in [3.63, 3.8) is 0 Å². The maximum Gasteiger partial charge on any atom is 0.328 e. The number of piperidine rings is 1. The van der Waals surface area contributed by atoms with Gasteiger partial charge in [0.1, 0.15) is 6.04 Å². The normalized spacial score (nSPS) is 18.4. The summed E-state index contributed by atoms with van der Waals surface area (Å²) in [5.74, 6) is -0.479. The standard InChI is InChI=1S/C15H17ClINO3/c1-2-21-15(20)13-5-3-4-8-18(13)14(19)10-6-7-12(17)11(16)9-10/h6-7,9,13H,2-5,8H2,1H3. The molecule has 0 radical (unpaired) electrons. The van der Waals surface area contributed by atoms with Crippen molar-refractivity contribution in [2.24, 2.45) is 0 Å². The second-order valence-electron chi connectivity index (χ2n) is 4.89. The summed E-state index contributed by atoms with van der Waals surface area (Å²) in [6, 6.07) is 4.72. The Hall–Kier alpha value is -0.820. The molecule has 4 nitrogen and oxygen atoms in total. The SMILES string of the molecule is CCOC(=O)C1CCCCN1C(=O)c1ccc(I)c(Cl)c1. The van der Waals surface area contributed by atoms with E-state index >= 15 is 0 Å². The number of carbonyl (C=O) groups excluding carboxylic acids is 2. The summed E-state index contributed by atoms with van der Waals surface area (Å²) in [5, 5.41) is 0.547. The molecule has 1 unspecified atom stereocenters. The lowest BCUT2D eigenvalue weighted by Crippen LogP contribution is -2.48. The number of halogens is 2. The lowest BCUT2D eigenvalue weighted by molar-refractivity contribution is -0.149. The monoisotopic (exact) mass is 421 g/mol. The van der Waals surface area contributed by atoms with Crippen LogP contribution in [-0.2, 0) is 9.53 Å². The molecule has 0 bridgehead atoms. The first-order valence-corrected chi connectivity index (χ1v) is 8.43. The topological polar surface area (TPSA) is 46.6 Å². The van der Waals surface area contributed by atoms with Gasteiger partial charge in [-0.25, -0.2) is 4.79 Å². The molecule has 1 aromatic carbocycles. The molecule has 6 heteroatoms. The average molecular weight is 422 g/mol. The van der Waals surface area contributed by atoms with Gasteiger partial charge in [0.15, 0.2) is 0 Å². The van der Waals surface area contributed by atoms with Gasteiger partial charge in [0.25, 0.3) is 5.91 Å². The predicted octanol–water partition coefficient (Wildman–Crippen LogP) is 3.50. The van der Waals surface area contributed by atoms with E-state index in [4.69, 9.17) is 16.3 Å². The number of hydrogen-bond acceptors (Lipinski definition) is 3. The fraction of sp³-hybridized carbons (Fsp3) is 0.467. The number of ether oxygens (including phenoxy) is 1. The van der Waals surface area contributed by atoms with Crippen LogP contribution in [0.1, 0.15) is 36.5 Å². The fourth-order valence-electron chi connectivity index (χ4n) is 2.45. The number of carbonyl (C=O) groups is 2. The first-order chi connectivity index (χ1) is 10.0. The Labute approximate surface area is 142 Å². The largest absolute Gasteiger partial charge is 0.464 e. The van der Waals surface area contributed by atoms with Crippen molar-refractivity contribution in [3.8, 4) is 0 Å². The summed E-state index contributed by atoms with van der Waals surface area (Å²) < 4.78 is 5.98. The van der Waals surface area contributed by atoms with Crippen LogP contribution in [0.5, 0.6) is 0 Å². The lowest BCUT2D eigenvalue weighted by Gasteiger charge is -2.34. The van der Waals surface area contributed by atoms with Gasteiger partial charge in [-0.2, -0.15) is 0 Å². The minimum Gasteiger partial charge on any atom is -0.464 e. The minimum absolute atomic E-state index is 0.161. The molecular weight excluding hydrogens is 405 g/mol. The number of hydrogen-bond donors (Lipinski definition) is 0. The van der Waals surface area contributed by atoms with E-state index in [1.807, 2.05) is 0 Å². The van der Waals surface area contributed by atoms with E-state index in [0.717, 1.165) is 16.4 Å². The zero-order valence-electron chi connectivity index (χ0n) is 11.8. The molecule has 1 aliphatic rings. The van der Waals surface area contributed by atoms with Crippen LogP contribution in [0.3, 0.4) is 0 Å². The van der Waals surface area contributed by atoms with E-state index in [1.54, 1.807) is 30.0 Å². The van der Waals surface area contributed by atoms with Crippen LogP contribution in [0.4, 0.5) is 0 Å². The molecule has 1 fully saturated rings. The lowest BCUT2D eigenvalue weighted by atomic mass is 10.0. The van der Waals surface area contributed by atoms with Gasteiger partial charge in [-0.1, -0.05) is 11.6 Å². The molecule has 1 aliphatic heterocycles. The zero-order chi connectivity index (χ0) is 15.4. The Balaban J connectivity index is 2.21. The van der Waals surface area contributed by atoms with E-state index in [9.17, 15) is 9.59 Å². The highest BCUT2D eigenvalue weighted by atomic mass is 127. The van der Waals surface area contributed by atoms with Crippen LogP contribution in [-0.4, -0.2) is 36.0 Å². The van der Waals surface area contributed by atoms with Crippen molar-refractivity contribution in [1.82, 2.24) is 4.90 Å². The molecule has 1 amide bonds. The van der Waals surface area contributed by atoms with Gasteiger partial charge in [0, 0.05) is 15.7 Å². The van der Waals surface area contributed by atoms with Gasteiger partial charge in [-0.05, 0) is 67.0 Å². The molecule has 114 valence electrons. The first kappa shape index (κ1) is 16.5. The summed E-state index contributed by atoms with van der Waals surface area (Å²) in [6.45, 7) is 2.67. The molecule has 2 rings (SSSR count). The zero-order valence-corrected chi connectivity index (χ0v) is 14.7. The maximum atomic E-state index is 12.6. The fourth-order valence-corrected chi connectivity index (χ4v) is 2.97. The highest BCUT2D eigenvalue weighted by Gasteiger charge is 2.33. The average Bonchev–Trinajstić information content (AvgIpc) is 2.49. The molecule has 0 aliphatic carbocycles. The van der Waals surface area contributed by atoms with Crippen LogP contribution < -0.4 is 0 Å². The highest BCUT2D eigenvalue weighted by molar-refractivity contribution is 14.1. The number of nitrogens with zero attached hydrogens (tertiary/aromatic N) is 1. The Kier molecular flexibility index (Phi) is 5.87. The van der Waals surface area contributed by atoms with Gasteiger partial charge in [0.05, 0.1) is 11.6 Å². The van der Waals surface area contributed by atoms with Crippen LogP contribution in [0, 0.1) is 3.57 Å². The van der Waals surface area contributed by atoms with E-state index < -0.39 is 6.04 Å². The summed E-state index contributed by atoms with van der Waals surface area (Å²) in [7, 11) is 0. The quantitative estimate of drug-likeness (QED) is 0.554. The third-order valence-corrected chi connectivity index (χ3v) is 5.06. The Morgan fingerprint density at radius 1 is 1.43 bits per heavy atom. The molecule has 21 heavy (non-hydrogen) atoms. The molecular formula is C15H17ClINO3. The molecule has 0 aromatic heterocycles. The van der Waals surface area contributed by atoms with Crippen LogP contribution in [0.15, 0.2) is 18.2 Å². The predicted molar refractivity (Wildman–Crippen MR) is 89.5 cm³/mol. The second-order valence-corrected chi connectivity index (χ2v) is 6.46. The van der Waals surface area contributed by atoms with Crippen molar-refractivity contribution in [2.75, 3.05) is 13.2 Å². The minimum atomic E-state index is -0.482. The van der Waals surface area contributed by atoms with Crippen molar-refractivity contribution in [2.45, 2.75) is 32.2 Å². The number of benzene rings is 1. The number of amides is 1. The molecule has 1 aromatic rings. The van der Waals surface area contributed by atoms with Crippen LogP contribution >= 0.6 is 34.2 Å². The van der Waals surface area contributed by atoms with Gasteiger partial charge >= 0.3 is 5.97 Å². The Bertz CT molecular complexity index is 550. The molecule has 1 heterocycles. The third-order valence-electron chi connectivity index (χ3n) is 3.49. The number of likely N-dealkylation sites (tertiary alicyclic amines) is 1. The summed E-state index contributed by atoms with van der Waals surface area (Å²) >= 11 is 8.19. The van der Waals surface area contributed by atoms with Gasteiger partial charge in [0.2, 0.25) is 0 Å². The molecule has 0 N–H and O–H groups in total. The van der Waals surface area contributed by atoms with E-state index in [0.29, 0.717) is 30.2 Å². The second kappa shape index (κ2) is 7.45. The van der Waals surface area contributed by atoms with Crippen molar-refractivity contribution in [3.05, 3.63) is 32.4 Å². The number of esters is 1. The molecule has 1 atom stereocenters. The molecule has 0 saturated carbocycles. The van der Waals surface area contributed by atoms with Gasteiger partial charge in [-0.15, -0.1) is 0 Å². The summed E-state index contributed by atoms with van der Waals surface area (Å²) in [6.07, 6.45) is 2.49. The third kappa shape index (κ3) is 3.88. The van der Waals surface area contributed by atoms with Crippen molar-refractivity contribution >= 4 is 46.1 Å². The van der Waals surface area contributed by atoms with E-state index in [-0.39, 0.29) is 11.9 Å². The number of rotatable bonds is 3. The van der Waals surface area contributed by atoms with Crippen molar-refractivity contribution in [1.29, 1.82) is 0 Å². The Morgan fingerprint density at radius 3 is 2.86 bits per heavy atom. The maximum absolute atomic E-state index is 12.6. The summed E-state index contributed by atoms with van der Waals surface area (Å²) in [4.78, 5) is 26.3. The van der Waals surface area contributed by atoms with E-state index in [2.05, 4.69) is 22.6 Å². The van der Waals surface area contributed by atoms with Gasteiger partial charge in [-0.3, -0.25) is 4.79 Å². The van der Waals surface area contributed by atoms with Gasteiger partial charge < -0.3 is 9.64 Å². The Morgan fingerprint density at radius 2 is 2.19 bits per heavy atom. The van der Waals surface area contributed by atoms with Crippen molar-refractivity contribution < 1.29 is 14.3 Å². The molecule has 1 saturated heterocycles. The first-order valence-electron chi connectivity index (χ1n) is 6.97. The molecule has 0 spiro atoms. The van der Waals surface area contributed by atoms with Crippen LogP contribution in [0.25, 0.3) is 0 Å². The van der Waals surface area contributed by atoms with E-state index in [1.165, 1.54) is 0 Å². The van der Waals surface area contributed by atoms with Crippen LogP contribution in [0.2, 0.25) is 5.02 Å². The summed E-state index contributed by atoms with van der Waals surface area (Å²) in [5.41, 5.74) is 0.511. The smallest absolute Gasteiger partial charge is 0.328 e.